The molecule has 4 rings (SSSR count). The van der Waals surface area contributed by atoms with Gasteiger partial charge in [-0.1, -0.05) is 37.3 Å². The van der Waals surface area contributed by atoms with Crippen LogP contribution >= 0.6 is 0 Å². The molecule has 3 unspecified atom stereocenters. The number of rotatable bonds is 8. The zero-order chi connectivity index (χ0) is 20.9. The van der Waals surface area contributed by atoms with E-state index >= 15 is 0 Å². The molecule has 1 saturated carbocycles. The van der Waals surface area contributed by atoms with Crippen LogP contribution in [-0.2, 0) is 16.1 Å². The van der Waals surface area contributed by atoms with Gasteiger partial charge in [0.15, 0.2) is 0 Å². The average molecular weight is 409 g/mol. The van der Waals surface area contributed by atoms with Gasteiger partial charge in [-0.2, -0.15) is 0 Å². The van der Waals surface area contributed by atoms with Crippen molar-refractivity contribution in [1.82, 2.24) is 9.80 Å². The van der Waals surface area contributed by atoms with Crippen molar-refractivity contribution in [2.75, 3.05) is 32.8 Å². The molecule has 1 aliphatic heterocycles. The summed E-state index contributed by atoms with van der Waals surface area (Å²) in [5, 5.41) is 0. The second-order valence-corrected chi connectivity index (χ2v) is 8.61. The highest BCUT2D eigenvalue weighted by Gasteiger charge is 2.36. The molecule has 1 amide bonds. The fraction of sp³-hybridized carbons (Fsp3) is 0.480. The van der Waals surface area contributed by atoms with Crippen molar-refractivity contribution in [1.29, 1.82) is 0 Å². The Labute approximate surface area is 179 Å². The SMILES string of the molecule is CC1CC1c1ccc(/C=C/C(=O)N(Cc2ccccc2)C(C)CN2CCOCC2)o1. The van der Waals surface area contributed by atoms with Crippen LogP contribution in [0.2, 0.25) is 0 Å². The maximum atomic E-state index is 13.2. The quantitative estimate of drug-likeness (QED) is 0.615. The fourth-order valence-electron chi connectivity index (χ4n) is 4.11. The van der Waals surface area contributed by atoms with Crippen LogP contribution in [0.15, 0.2) is 53.0 Å². The lowest BCUT2D eigenvalue weighted by Crippen LogP contribution is -2.47. The van der Waals surface area contributed by atoms with Crippen molar-refractivity contribution in [3.05, 3.63) is 65.6 Å². The summed E-state index contributed by atoms with van der Waals surface area (Å²) >= 11 is 0. The van der Waals surface area contributed by atoms with E-state index in [2.05, 4.69) is 30.9 Å². The van der Waals surface area contributed by atoms with E-state index in [1.54, 1.807) is 12.2 Å². The molecule has 5 heteroatoms. The minimum absolute atomic E-state index is 0.0114. The van der Waals surface area contributed by atoms with Crippen molar-refractivity contribution >= 4 is 12.0 Å². The normalized spacial score (nSPS) is 22.9. The zero-order valence-electron chi connectivity index (χ0n) is 18.0. The number of carbonyl (C=O) groups excluding carboxylic acids is 1. The Morgan fingerprint density at radius 2 is 1.93 bits per heavy atom. The number of furan rings is 1. The van der Waals surface area contributed by atoms with E-state index in [1.807, 2.05) is 35.2 Å². The molecule has 3 atom stereocenters. The fourth-order valence-corrected chi connectivity index (χ4v) is 4.11. The van der Waals surface area contributed by atoms with Crippen molar-refractivity contribution in [3.8, 4) is 0 Å². The second kappa shape index (κ2) is 9.63. The van der Waals surface area contributed by atoms with Crippen molar-refractivity contribution in [2.45, 2.75) is 38.8 Å². The average Bonchev–Trinajstić information content (AvgIpc) is 3.31. The predicted octanol–water partition coefficient (Wildman–Crippen LogP) is 4.17. The van der Waals surface area contributed by atoms with Crippen LogP contribution in [0.3, 0.4) is 0 Å². The van der Waals surface area contributed by atoms with Gasteiger partial charge < -0.3 is 14.1 Å². The molecule has 1 aliphatic carbocycles. The summed E-state index contributed by atoms with van der Waals surface area (Å²) in [5.41, 5.74) is 1.14. The third-order valence-corrected chi connectivity index (χ3v) is 6.15. The van der Waals surface area contributed by atoms with Gasteiger partial charge in [-0.3, -0.25) is 9.69 Å². The smallest absolute Gasteiger partial charge is 0.247 e. The molecule has 30 heavy (non-hydrogen) atoms. The van der Waals surface area contributed by atoms with Crippen LogP contribution < -0.4 is 0 Å². The van der Waals surface area contributed by atoms with Gasteiger partial charge in [0, 0.05) is 44.2 Å². The molecule has 2 heterocycles. The molecule has 0 N–H and O–H groups in total. The summed E-state index contributed by atoms with van der Waals surface area (Å²) in [5.74, 6) is 3.05. The van der Waals surface area contributed by atoms with Crippen LogP contribution in [-0.4, -0.2) is 54.6 Å². The van der Waals surface area contributed by atoms with Gasteiger partial charge in [-0.25, -0.2) is 0 Å². The van der Waals surface area contributed by atoms with E-state index in [9.17, 15) is 4.79 Å². The standard InChI is InChI=1S/C25H32N2O3/c1-19-16-23(19)24-10-8-22(30-24)9-11-25(28)27(18-21-6-4-3-5-7-21)20(2)17-26-12-14-29-15-13-26/h3-11,19-20,23H,12-18H2,1-2H3/b11-9+. The Kier molecular flexibility index (Phi) is 6.70. The molecule has 1 aromatic heterocycles. The van der Waals surface area contributed by atoms with Crippen molar-refractivity contribution in [3.63, 3.8) is 0 Å². The van der Waals surface area contributed by atoms with Crippen LogP contribution in [0, 0.1) is 5.92 Å². The lowest BCUT2D eigenvalue weighted by atomic mass is 10.1. The van der Waals surface area contributed by atoms with E-state index in [4.69, 9.17) is 9.15 Å². The zero-order valence-corrected chi connectivity index (χ0v) is 18.0. The summed E-state index contributed by atoms with van der Waals surface area (Å²) in [6.07, 6.45) is 4.65. The Morgan fingerprint density at radius 1 is 1.20 bits per heavy atom. The number of nitrogens with zero attached hydrogens (tertiary/aromatic N) is 2. The molecule has 160 valence electrons. The number of benzene rings is 1. The number of ether oxygens (including phenoxy) is 1. The Morgan fingerprint density at radius 3 is 2.63 bits per heavy atom. The monoisotopic (exact) mass is 408 g/mol. The first kappa shape index (κ1) is 20.9. The van der Waals surface area contributed by atoms with Gasteiger partial charge >= 0.3 is 0 Å². The predicted molar refractivity (Wildman–Crippen MR) is 118 cm³/mol. The summed E-state index contributed by atoms with van der Waals surface area (Å²) in [4.78, 5) is 17.5. The molecule has 5 nitrogen and oxygen atoms in total. The first-order valence-corrected chi connectivity index (χ1v) is 11.0. The molecular formula is C25H32N2O3. The van der Waals surface area contributed by atoms with Crippen LogP contribution in [0.1, 0.15) is 43.3 Å². The maximum Gasteiger partial charge on any atom is 0.247 e. The summed E-state index contributed by atoms with van der Waals surface area (Å²) in [6, 6.07) is 14.3. The third kappa shape index (κ3) is 5.41. The topological polar surface area (TPSA) is 45.9 Å². The number of morpholine rings is 1. The summed E-state index contributed by atoms with van der Waals surface area (Å²) in [7, 11) is 0. The maximum absolute atomic E-state index is 13.2. The van der Waals surface area contributed by atoms with Crippen molar-refractivity contribution in [2.24, 2.45) is 5.92 Å². The molecule has 0 bridgehead atoms. The van der Waals surface area contributed by atoms with E-state index in [-0.39, 0.29) is 11.9 Å². The van der Waals surface area contributed by atoms with Gasteiger partial charge in [0.05, 0.1) is 13.2 Å². The van der Waals surface area contributed by atoms with E-state index in [0.29, 0.717) is 18.4 Å². The van der Waals surface area contributed by atoms with E-state index < -0.39 is 0 Å². The van der Waals surface area contributed by atoms with E-state index in [1.165, 1.54) is 6.42 Å². The molecule has 1 saturated heterocycles. The summed E-state index contributed by atoms with van der Waals surface area (Å²) in [6.45, 7) is 9.18. The highest BCUT2D eigenvalue weighted by molar-refractivity contribution is 5.91. The Balaban J connectivity index is 1.44. The highest BCUT2D eigenvalue weighted by atomic mass is 16.5. The molecule has 1 aromatic carbocycles. The molecule has 2 aliphatic rings. The summed E-state index contributed by atoms with van der Waals surface area (Å²) < 4.78 is 11.4. The second-order valence-electron chi connectivity index (χ2n) is 8.61. The van der Waals surface area contributed by atoms with Gasteiger partial charge in [-0.05, 0) is 43.0 Å². The minimum Gasteiger partial charge on any atom is -0.461 e. The van der Waals surface area contributed by atoms with Gasteiger partial charge in [0.25, 0.3) is 0 Å². The number of hydrogen-bond donors (Lipinski definition) is 0. The van der Waals surface area contributed by atoms with Crippen LogP contribution in [0.25, 0.3) is 6.08 Å². The number of amides is 1. The Hall–Kier alpha value is -2.37. The number of hydrogen-bond acceptors (Lipinski definition) is 4. The van der Waals surface area contributed by atoms with Crippen LogP contribution in [0.5, 0.6) is 0 Å². The molecular weight excluding hydrogens is 376 g/mol. The molecule has 0 spiro atoms. The molecule has 2 fully saturated rings. The van der Waals surface area contributed by atoms with Gasteiger partial charge in [-0.15, -0.1) is 0 Å². The van der Waals surface area contributed by atoms with Crippen molar-refractivity contribution < 1.29 is 13.9 Å². The minimum atomic E-state index is 0.0114. The van der Waals surface area contributed by atoms with Crippen LogP contribution in [0.4, 0.5) is 0 Å². The van der Waals surface area contributed by atoms with E-state index in [0.717, 1.165) is 49.9 Å². The third-order valence-electron chi connectivity index (χ3n) is 6.15. The van der Waals surface area contributed by atoms with Gasteiger partial charge in [0.1, 0.15) is 11.5 Å². The largest absolute Gasteiger partial charge is 0.461 e. The molecule has 0 radical (unpaired) electrons. The first-order chi connectivity index (χ1) is 14.6. The first-order valence-electron chi connectivity index (χ1n) is 11.0. The lowest BCUT2D eigenvalue weighted by Gasteiger charge is -2.34. The number of carbonyl (C=O) groups is 1. The highest BCUT2D eigenvalue weighted by Crippen LogP contribution is 2.47. The van der Waals surface area contributed by atoms with Gasteiger partial charge in [0.2, 0.25) is 5.91 Å². The Bertz CT molecular complexity index is 854. The lowest BCUT2D eigenvalue weighted by molar-refractivity contribution is -0.129. The molecule has 2 aromatic rings.